The van der Waals surface area contributed by atoms with Crippen LogP contribution in [0.3, 0.4) is 0 Å². The van der Waals surface area contributed by atoms with E-state index in [1.807, 2.05) is 0 Å². The number of quaternary nitrogens is 2. The fourth-order valence-corrected chi connectivity index (χ4v) is 7.24. The number of ether oxygens (including phenoxy) is 3. The molecule has 5 N–H and O–H groups in total. The highest BCUT2D eigenvalue weighted by molar-refractivity contribution is 4.87. The highest BCUT2D eigenvalue weighted by Crippen LogP contribution is 2.32. The first kappa shape index (κ1) is 22.1. The number of rotatable bonds is 5. The van der Waals surface area contributed by atoms with Gasteiger partial charge in [0.25, 0.3) is 0 Å². The molecule has 0 amide bonds. The number of nitrogens with two attached hydrogens (primary N) is 1. The summed E-state index contributed by atoms with van der Waals surface area (Å²) in [5.74, 6) is 1.37. The largest absolute Gasteiger partial charge is 0.379 e. The van der Waals surface area contributed by atoms with Crippen molar-refractivity contribution in [1.82, 2.24) is 15.7 Å². The van der Waals surface area contributed by atoms with Gasteiger partial charge in [0.2, 0.25) is 0 Å². The van der Waals surface area contributed by atoms with E-state index in [2.05, 4.69) is 21.0 Å². The topological polar surface area (TPSA) is 85.3 Å². The minimum Gasteiger partial charge on any atom is -0.379 e. The highest BCUT2D eigenvalue weighted by Gasteiger charge is 2.46. The third-order valence-electron chi connectivity index (χ3n) is 9.03. The van der Waals surface area contributed by atoms with Gasteiger partial charge >= 0.3 is 0 Å². The number of nitrogens with zero attached hydrogens (tertiary/aromatic N) is 1. The Bertz CT molecular complexity index is 623. The van der Waals surface area contributed by atoms with E-state index in [1.165, 1.54) is 58.2 Å². The van der Waals surface area contributed by atoms with E-state index >= 15 is 0 Å². The number of likely N-dealkylation sites (tertiary alicyclic amines) is 1. The predicted molar refractivity (Wildman–Crippen MR) is 116 cm³/mol. The molecular formula is C23H43N5O4+2. The minimum atomic E-state index is 0.132. The van der Waals surface area contributed by atoms with Crippen LogP contribution in [0.25, 0.3) is 0 Å². The summed E-state index contributed by atoms with van der Waals surface area (Å²) in [6.07, 6.45) is 10.3. The second-order valence-corrected chi connectivity index (χ2v) is 10.9. The normalized spacial score (nSPS) is 48.2. The zero-order valence-corrected chi connectivity index (χ0v) is 19.4. The van der Waals surface area contributed by atoms with Crippen LogP contribution in [0.2, 0.25) is 0 Å². The maximum Gasteiger partial charge on any atom is 0.183 e. The predicted octanol–water partition coefficient (Wildman–Crippen LogP) is -2.02. The van der Waals surface area contributed by atoms with Gasteiger partial charge in [-0.3, -0.25) is 10.2 Å². The average Bonchev–Trinajstić information content (AvgIpc) is 3.60. The van der Waals surface area contributed by atoms with Crippen LogP contribution in [-0.4, -0.2) is 94.4 Å². The summed E-state index contributed by atoms with van der Waals surface area (Å²) in [7, 11) is 0. The maximum absolute atomic E-state index is 6.20. The average molecular weight is 454 g/mol. The van der Waals surface area contributed by atoms with Gasteiger partial charge in [-0.25, -0.2) is 4.90 Å². The van der Waals surface area contributed by atoms with E-state index < -0.39 is 0 Å². The van der Waals surface area contributed by atoms with Crippen molar-refractivity contribution in [2.45, 2.75) is 81.8 Å². The standard InChI is InChI=1S/C23H41N5O4/c1-2-18(28(7-1)14-16-3-4-19-20(12-16)31-15-30-19)23-25-22(26-32-23)17-5-6-24-21(13-17)27-8-10-29-11-9-27/h16-26H,1-15H2/p+2. The van der Waals surface area contributed by atoms with E-state index in [4.69, 9.17) is 19.0 Å². The summed E-state index contributed by atoms with van der Waals surface area (Å²) in [5.41, 5.74) is 3.41. The lowest BCUT2D eigenvalue weighted by Gasteiger charge is -2.38. The zero-order chi connectivity index (χ0) is 21.3. The number of hydrogen-bond acceptors (Lipinski definition) is 7. The lowest BCUT2D eigenvalue weighted by atomic mass is 9.85. The summed E-state index contributed by atoms with van der Waals surface area (Å²) >= 11 is 0. The van der Waals surface area contributed by atoms with Crippen LogP contribution in [-0.2, 0) is 19.0 Å². The van der Waals surface area contributed by atoms with Crippen LogP contribution in [0, 0.1) is 11.8 Å². The number of fused-ring (bicyclic) bond motifs is 1. The number of hydroxylamine groups is 1. The number of piperidine rings is 1. The highest BCUT2D eigenvalue weighted by atomic mass is 16.7. The van der Waals surface area contributed by atoms with Crippen LogP contribution >= 0.6 is 0 Å². The van der Waals surface area contributed by atoms with Crippen molar-refractivity contribution < 1.29 is 29.3 Å². The van der Waals surface area contributed by atoms with Crippen LogP contribution in [0.4, 0.5) is 0 Å². The molecule has 9 nitrogen and oxygen atoms in total. The third kappa shape index (κ3) is 4.74. The van der Waals surface area contributed by atoms with Crippen molar-refractivity contribution in [2.75, 3.05) is 52.7 Å². The molecule has 0 aromatic heterocycles. The van der Waals surface area contributed by atoms with E-state index in [-0.39, 0.29) is 12.4 Å². The van der Waals surface area contributed by atoms with E-state index in [1.54, 1.807) is 4.90 Å². The Balaban J connectivity index is 1.01. The quantitative estimate of drug-likeness (QED) is 0.383. The SMILES string of the molecule is C1CC(C2NC(C3CC[NH2+]C(N4CCOCC4)C3)NO2)[NH+](CC2CCC3OCOC3C2)C1. The molecule has 1 aliphatic carbocycles. The van der Waals surface area contributed by atoms with Crippen molar-refractivity contribution in [3.63, 3.8) is 0 Å². The lowest BCUT2D eigenvalue weighted by Crippen LogP contribution is -3.16. The van der Waals surface area contributed by atoms with Gasteiger partial charge in [-0.2, -0.15) is 5.48 Å². The summed E-state index contributed by atoms with van der Waals surface area (Å²) < 4.78 is 17.1. The molecule has 5 saturated heterocycles. The number of nitrogens with one attached hydrogen (secondary N) is 3. The van der Waals surface area contributed by atoms with Gasteiger partial charge in [0, 0.05) is 50.6 Å². The van der Waals surface area contributed by atoms with Gasteiger partial charge in [-0.05, 0) is 19.3 Å². The first-order valence-electron chi connectivity index (χ1n) is 13.2. The summed E-state index contributed by atoms with van der Waals surface area (Å²) in [6.45, 7) is 8.12. The molecule has 6 fully saturated rings. The fraction of sp³-hybridized carbons (Fsp3) is 1.00. The van der Waals surface area contributed by atoms with Crippen molar-refractivity contribution in [3.05, 3.63) is 0 Å². The molecule has 182 valence electrons. The Morgan fingerprint density at radius 2 is 1.91 bits per heavy atom. The third-order valence-corrected chi connectivity index (χ3v) is 9.03. The van der Waals surface area contributed by atoms with Crippen LogP contribution in [0.5, 0.6) is 0 Å². The Kier molecular flexibility index (Phi) is 6.98. The molecule has 0 aromatic carbocycles. The summed E-state index contributed by atoms with van der Waals surface area (Å²) in [4.78, 5) is 10.5. The van der Waals surface area contributed by atoms with Crippen LogP contribution in [0.15, 0.2) is 0 Å². The van der Waals surface area contributed by atoms with Crippen molar-refractivity contribution in [3.8, 4) is 0 Å². The van der Waals surface area contributed by atoms with E-state index in [0.29, 0.717) is 37.1 Å². The Hall–Kier alpha value is -0.360. The number of hydrogen-bond donors (Lipinski definition) is 4. The molecule has 9 unspecified atom stereocenters. The monoisotopic (exact) mass is 453 g/mol. The summed E-state index contributed by atoms with van der Waals surface area (Å²) in [5, 5.41) is 6.41. The molecule has 0 bridgehead atoms. The zero-order valence-electron chi connectivity index (χ0n) is 19.4. The molecule has 6 rings (SSSR count). The first-order valence-corrected chi connectivity index (χ1v) is 13.2. The van der Waals surface area contributed by atoms with Gasteiger partial charge in [-0.1, -0.05) is 0 Å². The van der Waals surface area contributed by atoms with Gasteiger partial charge in [0.05, 0.1) is 51.2 Å². The van der Waals surface area contributed by atoms with E-state index in [9.17, 15) is 0 Å². The lowest BCUT2D eigenvalue weighted by molar-refractivity contribution is -0.919. The van der Waals surface area contributed by atoms with Crippen molar-refractivity contribution >= 4 is 0 Å². The van der Waals surface area contributed by atoms with Crippen molar-refractivity contribution in [1.29, 1.82) is 0 Å². The first-order chi connectivity index (χ1) is 15.8. The molecule has 5 heterocycles. The minimum absolute atomic E-state index is 0.132. The molecule has 0 aromatic rings. The van der Waals surface area contributed by atoms with Gasteiger partial charge in [0.1, 0.15) is 19.0 Å². The molecule has 0 spiro atoms. The molecule has 6 aliphatic rings. The second kappa shape index (κ2) is 10.1. The molecule has 9 atom stereocenters. The fourth-order valence-electron chi connectivity index (χ4n) is 7.24. The van der Waals surface area contributed by atoms with E-state index in [0.717, 1.165) is 38.6 Å². The summed E-state index contributed by atoms with van der Waals surface area (Å²) in [6, 6.07) is 0.552. The smallest absolute Gasteiger partial charge is 0.183 e. The maximum atomic E-state index is 6.20. The van der Waals surface area contributed by atoms with Crippen LogP contribution in [0.1, 0.15) is 44.9 Å². The van der Waals surface area contributed by atoms with Gasteiger partial charge < -0.3 is 24.4 Å². The second-order valence-electron chi connectivity index (χ2n) is 10.9. The Morgan fingerprint density at radius 1 is 1.00 bits per heavy atom. The Labute approximate surface area is 191 Å². The number of morpholine rings is 1. The molecule has 1 saturated carbocycles. The Morgan fingerprint density at radius 3 is 2.84 bits per heavy atom. The molecule has 0 radical (unpaired) electrons. The molecule has 5 aliphatic heterocycles. The van der Waals surface area contributed by atoms with Gasteiger partial charge in [-0.15, -0.1) is 0 Å². The van der Waals surface area contributed by atoms with Gasteiger partial charge in [0.15, 0.2) is 6.23 Å². The van der Waals surface area contributed by atoms with Crippen molar-refractivity contribution in [2.24, 2.45) is 11.8 Å². The van der Waals surface area contributed by atoms with Crippen LogP contribution < -0.4 is 21.0 Å². The molecule has 32 heavy (non-hydrogen) atoms. The molecular weight excluding hydrogens is 410 g/mol. The molecule has 9 heteroatoms.